The van der Waals surface area contributed by atoms with Crippen molar-refractivity contribution in [3.05, 3.63) is 91.0 Å². The molecule has 0 unspecified atom stereocenters. The molecule has 1 fully saturated rings. The second-order valence-electron chi connectivity index (χ2n) is 9.19. The number of aromatic nitrogens is 4. The van der Waals surface area contributed by atoms with Crippen molar-refractivity contribution in [3.63, 3.8) is 0 Å². The maximum absolute atomic E-state index is 5.93. The molecule has 0 atom stereocenters. The molecule has 5 aromatic rings. The Bertz CT molecular complexity index is 1440. The van der Waals surface area contributed by atoms with Crippen LogP contribution in [0.15, 0.2) is 85.5 Å². The first-order valence-electron chi connectivity index (χ1n) is 12.6. The highest BCUT2D eigenvalue weighted by atomic mass is 16.5. The molecule has 0 aliphatic carbocycles. The molecular weight excluding hydrogens is 464 g/mol. The lowest BCUT2D eigenvalue weighted by Crippen LogP contribution is -2.38. The zero-order valence-electron chi connectivity index (χ0n) is 20.6. The summed E-state index contributed by atoms with van der Waals surface area (Å²) in [5.41, 5.74) is 6.10. The fourth-order valence-electron chi connectivity index (χ4n) is 4.59. The van der Waals surface area contributed by atoms with Crippen molar-refractivity contribution >= 4 is 22.4 Å². The van der Waals surface area contributed by atoms with Gasteiger partial charge in [-0.25, -0.2) is 4.98 Å². The van der Waals surface area contributed by atoms with Gasteiger partial charge in [-0.1, -0.05) is 30.3 Å². The number of hydrogen-bond acceptors (Lipinski definition) is 6. The lowest BCUT2D eigenvalue weighted by Gasteiger charge is -2.26. The van der Waals surface area contributed by atoms with Gasteiger partial charge in [0.05, 0.1) is 37.8 Å². The van der Waals surface area contributed by atoms with E-state index in [0.29, 0.717) is 6.61 Å². The Morgan fingerprint density at radius 3 is 2.65 bits per heavy atom. The molecule has 6 rings (SSSR count). The Hall–Kier alpha value is -4.14. The molecule has 3 aromatic heterocycles. The number of aromatic amines is 1. The second kappa shape index (κ2) is 10.9. The normalized spacial score (nSPS) is 14.2. The van der Waals surface area contributed by atoms with Crippen LogP contribution in [0.2, 0.25) is 0 Å². The van der Waals surface area contributed by atoms with Crippen LogP contribution in [-0.2, 0) is 11.3 Å². The number of rotatable bonds is 9. The highest BCUT2D eigenvalue weighted by Gasteiger charge is 2.12. The van der Waals surface area contributed by atoms with Crippen LogP contribution in [0.5, 0.6) is 5.75 Å². The summed E-state index contributed by atoms with van der Waals surface area (Å²) < 4.78 is 13.3. The lowest BCUT2D eigenvalue weighted by molar-refractivity contribution is 0.0322. The van der Waals surface area contributed by atoms with Gasteiger partial charge in [0.1, 0.15) is 18.0 Å². The molecule has 2 aromatic carbocycles. The first-order chi connectivity index (χ1) is 18.3. The van der Waals surface area contributed by atoms with Gasteiger partial charge in [-0.3, -0.25) is 9.58 Å². The third-order valence-corrected chi connectivity index (χ3v) is 6.59. The van der Waals surface area contributed by atoms with E-state index in [4.69, 9.17) is 9.47 Å². The lowest BCUT2D eigenvalue weighted by atomic mass is 10.1. The van der Waals surface area contributed by atoms with E-state index in [9.17, 15) is 0 Å². The topological polar surface area (TPSA) is 80.2 Å². The van der Waals surface area contributed by atoms with Gasteiger partial charge in [-0.15, -0.1) is 0 Å². The van der Waals surface area contributed by atoms with Gasteiger partial charge in [0, 0.05) is 54.2 Å². The summed E-state index contributed by atoms with van der Waals surface area (Å²) in [6, 6.07) is 20.5. The van der Waals surface area contributed by atoms with Crippen molar-refractivity contribution < 1.29 is 9.47 Å². The Labute approximate surface area is 215 Å². The summed E-state index contributed by atoms with van der Waals surface area (Å²) in [7, 11) is 0. The predicted molar refractivity (Wildman–Crippen MR) is 145 cm³/mol. The Morgan fingerprint density at radius 1 is 0.973 bits per heavy atom. The molecule has 2 N–H and O–H groups in total. The van der Waals surface area contributed by atoms with E-state index < -0.39 is 0 Å². The molecule has 1 aliphatic heterocycles. The van der Waals surface area contributed by atoms with E-state index in [1.54, 1.807) is 0 Å². The molecule has 0 saturated carbocycles. The summed E-state index contributed by atoms with van der Waals surface area (Å²) >= 11 is 0. The Balaban J connectivity index is 1.11. The minimum Gasteiger partial charge on any atom is -0.492 e. The Morgan fingerprint density at radius 2 is 1.81 bits per heavy atom. The number of fused-ring (bicyclic) bond motifs is 1. The molecule has 1 saturated heterocycles. The highest BCUT2D eigenvalue weighted by molar-refractivity contribution is 5.95. The van der Waals surface area contributed by atoms with Gasteiger partial charge >= 0.3 is 0 Å². The molecule has 0 amide bonds. The maximum atomic E-state index is 5.93. The van der Waals surface area contributed by atoms with Gasteiger partial charge in [0.25, 0.3) is 0 Å². The molecule has 8 heteroatoms. The van der Waals surface area contributed by atoms with Crippen molar-refractivity contribution in [2.45, 2.75) is 6.54 Å². The quantitative estimate of drug-likeness (QED) is 0.303. The molecule has 8 nitrogen and oxygen atoms in total. The van der Waals surface area contributed by atoms with Crippen molar-refractivity contribution in [2.24, 2.45) is 0 Å². The van der Waals surface area contributed by atoms with Crippen LogP contribution < -0.4 is 10.1 Å². The first-order valence-corrected chi connectivity index (χ1v) is 12.6. The van der Waals surface area contributed by atoms with Gasteiger partial charge in [-0.05, 0) is 35.9 Å². The number of pyridine rings is 1. The third kappa shape index (κ3) is 5.66. The van der Waals surface area contributed by atoms with E-state index >= 15 is 0 Å². The molecule has 1 aliphatic rings. The maximum Gasteiger partial charge on any atom is 0.138 e. The zero-order valence-corrected chi connectivity index (χ0v) is 20.6. The fraction of sp³-hybridized carbons (Fsp3) is 0.241. The Kier molecular flexibility index (Phi) is 6.83. The summed E-state index contributed by atoms with van der Waals surface area (Å²) in [5, 5.41) is 9.08. The minimum absolute atomic E-state index is 0.672. The third-order valence-electron chi connectivity index (χ3n) is 6.59. The van der Waals surface area contributed by atoms with Crippen molar-refractivity contribution in [1.82, 2.24) is 24.6 Å². The standard InChI is InChI=1S/C29H30N6O2/c1-2-4-22(5-3-1)20-35-21-23(17-32-35)28-19-31-29-27(28)16-25(18-30-29)33-24-6-8-26(9-7-24)37-15-12-34-10-13-36-14-11-34/h1-9,16-19,21,33H,10-15,20H2,(H,30,31). The summed E-state index contributed by atoms with van der Waals surface area (Å²) in [6.45, 7) is 5.89. The summed E-state index contributed by atoms with van der Waals surface area (Å²) in [5.74, 6) is 0.868. The second-order valence-corrected chi connectivity index (χ2v) is 9.19. The summed E-state index contributed by atoms with van der Waals surface area (Å²) in [4.78, 5) is 10.3. The van der Waals surface area contributed by atoms with Crippen molar-refractivity contribution in [2.75, 3.05) is 44.8 Å². The average molecular weight is 495 g/mol. The zero-order chi connectivity index (χ0) is 24.9. The average Bonchev–Trinajstić information content (AvgIpc) is 3.57. The number of H-pyrrole nitrogens is 1. The number of nitrogens with zero attached hydrogens (tertiary/aromatic N) is 4. The van der Waals surface area contributed by atoms with Crippen molar-refractivity contribution in [3.8, 4) is 16.9 Å². The van der Waals surface area contributed by atoms with E-state index in [1.165, 1.54) is 5.56 Å². The van der Waals surface area contributed by atoms with Crippen LogP contribution in [0.1, 0.15) is 5.56 Å². The molecule has 188 valence electrons. The minimum atomic E-state index is 0.672. The van der Waals surface area contributed by atoms with Gasteiger partial charge < -0.3 is 19.8 Å². The SMILES string of the molecule is c1ccc(Cn2cc(-c3c[nH]c4ncc(Nc5ccc(OCCN6CCOCC6)cc5)cc34)cn2)cc1. The highest BCUT2D eigenvalue weighted by Crippen LogP contribution is 2.30. The van der Waals surface area contributed by atoms with Crippen LogP contribution in [0.4, 0.5) is 11.4 Å². The number of anilines is 2. The van der Waals surface area contributed by atoms with Crippen LogP contribution in [-0.4, -0.2) is 64.1 Å². The number of nitrogens with one attached hydrogen (secondary N) is 2. The number of hydrogen-bond donors (Lipinski definition) is 2. The molecule has 4 heterocycles. The molecule has 0 spiro atoms. The summed E-state index contributed by atoms with van der Waals surface area (Å²) in [6.07, 6.45) is 7.82. The van der Waals surface area contributed by atoms with Crippen LogP contribution in [0.3, 0.4) is 0 Å². The van der Waals surface area contributed by atoms with Gasteiger partial charge in [-0.2, -0.15) is 5.10 Å². The van der Waals surface area contributed by atoms with E-state index in [0.717, 1.165) is 78.7 Å². The van der Waals surface area contributed by atoms with Gasteiger partial charge in [0.15, 0.2) is 0 Å². The molecule has 0 radical (unpaired) electrons. The van der Waals surface area contributed by atoms with Crippen LogP contribution >= 0.6 is 0 Å². The number of ether oxygens (including phenoxy) is 2. The van der Waals surface area contributed by atoms with E-state index in [1.807, 2.05) is 65.7 Å². The van der Waals surface area contributed by atoms with Crippen molar-refractivity contribution in [1.29, 1.82) is 0 Å². The molecular formula is C29H30N6O2. The predicted octanol–water partition coefficient (Wildman–Crippen LogP) is 4.93. The molecule has 0 bridgehead atoms. The molecule has 37 heavy (non-hydrogen) atoms. The van der Waals surface area contributed by atoms with Crippen LogP contribution in [0.25, 0.3) is 22.2 Å². The number of benzene rings is 2. The van der Waals surface area contributed by atoms with E-state index in [2.05, 4.69) is 49.7 Å². The van der Waals surface area contributed by atoms with E-state index in [-0.39, 0.29) is 0 Å². The first kappa shape index (κ1) is 23.3. The van der Waals surface area contributed by atoms with Crippen LogP contribution in [0, 0.1) is 0 Å². The number of morpholine rings is 1. The smallest absolute Gasteiger partial charge is 0.138 e. The monoisotopic (exact) mass is 494 g/mol. The fourth-order valence-corrected chi connectivity index (χ4v) is 4.59. The van der Waals surface area contributed by atoms with Gasteiger partial charge in [0.2, 0.25) is 0 Å². The largest absolute Gasteiger partial charge is 0.492 e.